The molecule has 0 spiro atoms. The summed E-state index contributed by atoms with van der Waals surface area (Å²) in [4.78, 5) is 18.7. The van der Waals surface area contributed by atoms with Crippen LogP contribution >= 0.6 is 0 Å². The first kappa shape index (κ1) is 24.4. The fourth-order valence-electron chi connectivity index (χ4n) is 3.03. The Bertz CT molecular complexity index is 842. The maximum Gasteiger partial charge on any atom is 0.320 e. The van der Waals surface area contributed by atoms with Crippen molar-refractivity contribution < 1.29 is 27.8 Å². The lowest BCUT2D eigenvalue weighted by Gasteiger charge is -2.20. The van der Waals surface area contributed by atoms with Crippen LogP contribution < -0.4 is 16.2 Å². The number of carbonyl (C=O) groups is 1. The summed E-state index contributed by atoms with van der Waals surface area (Å²) in [6, 6.07) is 7.67. The predicted octanol–water partition coefficient (Wildman–Crippen LogP) is 3.61. The number of rotatable bonds is 7. The molecular formula is C21H27F3N4O3. The van der Waals surface area contributed by atoms with Crippen molar-refractivity contribution in [3.63, 3.8) is 0 Å². The Balaban J connectivity index is 0.000000357. The van der Waals surface area contributed by atoms with Crippen LogP contribution in [-0.2, 0) is 11.2 Å². The van der Waals surface area contributed by atoms with Gasteiger partial charge in [0.25, 0.3) is 0 Å². The van der Waals surface area contributed by atoms with Gasteiger partial charge in [0, 0.05) is 24.5 Å². The minimum Gasteiger partial charge on any atom is -0.480 e. The highest BCUT2D eigenvalue weighted by molar-refractivity contribution is 5.73. The smallest absolute Gasteiger partial charge is 0.320 e. The number of halogens is 3. The highest BCUT2D eigenvalue weighted by atomic mass is 19.3. The molecule has 0 unspecified atom stereocenters. The number of hydrogen-bond donors (Lipinski definition) is 3. The first-order chi connectivity index (χ1) is 14.7. The number of carboxylic acids is 1. The zero-order chi connectivity index (χ0) is 22.9. The second-order valence-corrected chi connectivity index (χ2v) is 7.25. The molecule has 0 amide bonds. The molecule has 1 heterocycles. The summed E-state index contributed by atoms with van der Waals surface area (Å²) in [6.45, 7) is -0.736. The third kappa shape index (κ3) is 8.41. The molecule has 5 N–H and O–H groups in total. The topological polar surface area (TPSA) is 124 Å². The average Bonchev–Trinajstić information content (AvgIpc) is 2.72. The number of hydrogen-bond acceptors (Lipinski definition) is 6. The maximum absolute atomic E-state index is 12.2. The van der Waals surface area contributed by atoms with Gasteiger partial charge in [0.05, 0.1) is 5.69 Å². The number of ether oxygens (including phenoxy) is 1. The molecular weight excluding hydrogens is 413 g/mol. The quantitative estimate of drug-likeness (QED) is 0.601. The minimum absolute atomic E-state index is 0.0216. The molecule has 10 heteroatoms. The van der Waals surface area contributed by atoms with Crippen LogP contribution in [0.3, 0.4) is 0 Å². The third-order valence-corrected chi connectivity index (χ3v) is 4.65. The van der Waals surface area contributed by atoms with Gasteiger partial charge in [-0.2, -0.15) is 4.98 Å². The van der Waals surface area contributed by atoms with E-state index in [0.29, 0.717) is 18.5 Å². The third-order valence-electron chi connectivity index (χ3n) is 4.65. The van der Waals surface area contributed by atoms with Crippen molar-refractivity contribution in [1.82, 2.24) is 9.97 Å². The number of carboxylic acid groups (broad SMARTS) is 1. The van der Waals surface area contributed by atoms with Crippen LogP contribution in [0, 0.1) is 0 Å². The molecule has 1 aromatic heterocycles. The fourth-order valence-corrected chi connectivity index (χ4v) is 3.03. The SMILES string of the molecule is FC1(F)CCCCC1.Nc1nc(OCCF)cc(-c2ccc(C[C@H](N)C(=O)O)cc2)n1. The molecule has 1 fully saturated rings. The fraction of sp³-hybridized carbons (Fsp3) is 0.476. The highest BCUT2D eigenvalue weighted by Crippen LogP contribution is 2.32. The van der Waals surface area contributed by atoms with Gasteiger partial charge >= 0.3 is 5.97 Å². The zero-order valence-electron chi connectivity index (χ0n) is 17.1. The summed E-state index contributed by atoms with van der Waals surface area (Å²) in [6.07, 6.45) is 2.89. The van der Waals surface area contributed by atoms with Crippen molar-refractivity contribution in [2.24, 2.45) is 5.73 Å². The van der Waals surface area contributed by atoms with E-state index in [-0.39, 0.29) is 37.7 Å². The lowest BCUT2D eigenvalue weighted by molar-refractivity contribution is -0.138. The van der Waals surface area contributed by atoms with Crippen LogP contribution in [0.15, 0.2) is 30.3 Å². The molecule has 31 heavy (non-hydrogen) atoms. The Labute approximate surface area is 178 Å². The highest BCUT2D eigenvalue weighted by Gasteiger charge is 2.30. The molecule has 0 saturated heterocycles. The molecule has 1 atom stereocenters. The second kappa shape index (κ2) is 11.5. The van der Waals surface area contributed by atoms with Gasteiger partial charge in [-0.05, 0) is 24.8 Å². The van der Waals surface area contributed by atoms with Crippen molar-refractivity contribution in [1.29, 1.82) is 0 Å². The van der Waals surface area contributed by atoms with E-state index < -0.39 is 24.6 Å². The van der Waals surface area contributed by atoms with Crippen LogP contribution in [0.5, 0.6) is 5.88 Å². The predicted molar refractivity (Wildman–Crippen MR) is 111 cm³/mol. The van der Waals surface area contributed by atoms with E-state index in [1.54, 1.807) is 30.3 Å². The first-order valence-electron chi connectivity index (χ1n) is 9.99. The number of aliphatic carboxylic acids is 1. The van der Waals surface area contributed by atoms with Gasteiger partial charge in [-0.15, -0.1) is 0 Å². The van der Waals surface area contributed by atoms with Crippen LogP contribution in [0.2, 0.25) is 0 Å². The van der Waals surface area contributed by atoms with Gasteiger partial charge in [0.1, 0.15) is 19.3 Å². The van der Waals surface area contributed by atoms with Gasteiger partial charge in [-0.1, -0.05) is 30.7 Å². The maximum atomic E-state index is 12.2. The second-order valence-electron chi connectivity index (χ2n) is 7.25. The zero-order valence-corrected chi connectivity index (χ0v) is 17.1. The van der Waals surface area contributed by atoms with Gasteiger partial charge < -0.3 is 21.3 Å². The van der Waals surface area contributed by atoms with Crippen molar-refractivity contribution >= 4 is 11.9 Å². The van der Waals surface area contributed by atoms with Crippen molar-refractivity contribution in [3.05, 3.63) is 35.9 Å². The molecule has 2 aromatic rings. The molecule has 170 valence electrons. The standard InChI is InChI=1S/C15H17FN4O3.C6H10F2/c16-5-6-23-13-8-12(19-15(18)20-13)10-3-1-9(2-4-10)7-11(17)14(21)22;7-6(8)4-2-1-3-5-6/h1-4,8,11H,5-7,17H2,(H,21,22)(H2,18,19,20);1-5H2/t11-;/m0./s1. The lowest BCUT2D eigenvalue weighted by atomic mass is 9.97. The van der Waals surface area contributed by atoms with E-state index in [0.717, 1.165) is 17.5 Å². The number of aromatic nitrogens is 2. The Morgan fingerprint density at radius 1 is 1.16 bits per heavy atom. The largest absolute Gasteiger partial charge is 0.480 e. The van der Waals surface area contributed by atoms with Crippen molar-refractivity contribution in [3.8, 4) is 17.1 Å². The Morgan fingerprint density at radius 2 is 1.81 bits per heavy atom. The van der Waals surface area contributed by atoms with E-state index >= 15 is 0 Å². The Kier molecular flexibility index (Phi) is 9.04. The molecule has 0 radical (unpaired) electrons. The van der Waals surface area contributed by atoms with Gasteiger partial charge in [-0.3, -0.25) is 4.79 Å². The summed E-state index contributed by atoms with van der Waals surface area (Å²) in [7, 11) is 0. The number of benzene rings is 1. The molecule has 1 aliphatic carbocycles. The Hall–Kier alpha value is -2.88. The Morgan fingerprint density at radius 3 is 2.32 bits per heavy atom. The summed E-state index contributed by atoms with van der Waals surface area (Å²) in [5.74, 6) is -3.15. The first-order valence-corrected chi connectivity index (χ1v) is 9.99. The molecule has 3 rings (SSSR count). The monoisotopic (exact) mass is 440 g/mol. The number of nitrogens with zero attached hydrogens (tertiary/aromatic N) is 2. The van der Waals surface area contributed by atoms with E-state index in [1.807, 2.05) is 0 Å². The molecule has 1 saturated carbocycles. The van der Waals surface area contributed by atoms with Crippen molar-refractivity contribution in [2.45, 2.75) is 50.5 Å². The van der Waals surface area contributed by atoms with E-state index in [1.165, 1.54) is 0 Å². The summed E-state index contributed by atoms with van der Waals surface area (Å²) in [5, 5.41) is 8.81. The van der Waals surface area contributed by atoms with E-state index in [4.69, 9.17) is 21.3 Å². The minimum atomic E-state index is -2.32. The van der Waals surface area contributed by atoms with E-state index in [2.05, 4.69) is 9.97 Å². The molecule has 1 aliphatic rings. The molecule has 1 aromatic carbocycles. The number of nitrogens with two attached hydrogens (primary N) is 2. The van der Waals surface area contributed by atoms with E-state index in [9.17, 15) is 18.0 Å². The van der Waals surface area contributed by atoms with Gasteiger partial charge in [0.2, 0.25) is 17.8 Å². The number of anilines is 1. The number of alkyl halides is 3. The molecule has 0 bridgehead atoms. The summed E-state index contributed by atoms with van der Waals surface area (Å²) in [5.41, 5.74) is 13.2. The van der Waals surface area contributed by atoms with Gasteiger partial charge in [0.15, 0.2) is 0 Å². The number of nitrogen functional groups attached to an aromatic ring is 1. The molecule has 7 nitrogen and oxygen atoms in total. The summed E-state index contributed by atoms with van der Waals surface area (Å²) >= 11 is 0. The molecule has 0 aliphatic heterocycles. The van der Waals surface area contributed by atoms with Crippen LogP contribution in [0.25, 0.3) is 11.3 Å². The average molecular weight is 440 g/mol. The lowest BCUT2D eigenvalue weighted by Crippen LogP contribution is -2.32. The van der Waals surface area contributed by atoms with Gasteiger partial charge in [-0.25, -0.2) is 18.2 Å². The normalized spacial score (nSPS) is 16.0. The van der Waals surface area contributed by atoms with Crippen LogP contribution in [-0.4, -0.2) is 46.3 Å². The van der Waals surface area contributed by atoms with Crippen LogP contribution in [0.4, 0.5) is 19.1 Å². The van der Waals surface area contributed by atoms with Crippen LogP contribution in [0.1, 0.15) is 37.7 Å². The summed E-state index contributed by atoms with van der Waals surface area (Å²) < 4.78 is 41.7. The van der Waals surface area contributed by atoms with Crippen molar-refractivity contribution in [2.75, 3.05) is 19.0 Å².